The van der Waals surface area contributed by atoms with Gasteiger partial charge in [-0.15, -0.1) is 11.3 Å². The number of hydrogen-bond acceptors (Lipinski definition) is 3. The van der Waals surface area contributed by atoms with E-state index in [1.807, 2.05) is 23.6 Å². The topological polar surface area (TPSA) is 65.5 Å². The van der Waals surface area contributed by atoms with Crippen molar-refractivity contribution in [2.24, 2.45) is 4.99 Å². The number of guanidine groups is 1. The summed E-state index contributed by atoms with van der Waals surface area (Å²) in [7, 11) is 0. The number of nitrogens with one attached hydrogen (secondary N) is 3. The number of amides is 1. The number of carbonyl (C=O) groups excluding carboxylic acids is 1. The molecule has 2 aromatic rings. The first-order chi connectivity index (χ1) is 13.2. The van der Waals surface area contributed by atoms with Crippen molar-refractivity contribution in [2.75, 3.05) is 19.6 Å². The predicted molar refractivity (Wildman–Crippen MR) is 115 cm³/mol. The summed E-state index contributed by atoms with van der Waals surface area (Å²) >= 11 is 1.46. The van der Waals surface area contributed by atoms with Crippen LogP contribution in [0.2, 0.25) is 0 Å². The first-order valence-electron chi connectivity index (χ1n) is 9.59. The SMILES string of the molecule is CCNC(=NCCCNC(=O)c1cccs1)NC(C)CCc1ccccc1. The van der Waals surface area contributed by atoms with Gasteiger partial charge in [-0.2, -0.15) is 0 Å². The molecule has 0 aliphatic rings. The van der Waals surface area contributed by atoms with E-state index in [-0.39, 0.29) is 5.91 Å². The molecule has 0 aliphatic heterocycles. The van der Waals surface area contributed by atoms with E-state index in [2.05, 4.69) is 59.1 Å². The molecule has 6 heteroatoms. The number of nitrogens with zero attached hydrogens (tertiary/aromatic N) is 1. The molecule has 1 unspecified atom stereocenters. The molecule has 0 fully saturated rings. The van der Waals surface area contributed by atoms with Crippen LogP contribution in [0, 0.1) is 0 Å². The molecule has 0 aliphatic carbocycles. The Kier molecular flexibility index (Phi) is 9.41. The van der Waals surface area contributed by atoms with Gasteiger partial charge >= 0.3 is 0 Å². The molecule has 146 valence electrons. The molecule has 0 bridgehead atoms. The third kappa shape index (κ3) is 8.26. The van der Waals surface area contributed by atoms with Crippen LogP contribution in [0.15, 0.2) is 52.8 Å². The summed E-state index contributed by atoms with van der Waals surface area (Å²) in [5.41, 5.74) is 1.36. The largest absolute Gasteiger partial charge is 0.357 e. The van der Waals surface area contributed by atoms with Crippen LogP contribution in [0.5, 0.6) is 0 Å². The Hall–Kier alpha value is -2.34. The lowest BCUT2D eigenvalue weighted by molar-refractivity contribution is 0.0957. The third-order valence-electron chi connectivity index (χ3n) is 4.07. The second-order valence-corrected chi connectivity index (χ2v) is 7.36. The monoisotopic (exact) mass is 386 g/mol. The van der Waals surface area contributed by atoms with Crippen LogP contribution in [0.4, 0.5) is 0 Å². The molecule has 1 amide bonds. The highest BCUT2D eigenvalue weighted by Crippen LogP contribution is 2.07. The fraction of sp³-hybridized carbons (Fsp3) is 0.429. The zero-order valence-corrected chi connectivity index (χ0v) is 17.0. The molecular formula is C21H30N4OS. The molecule has 1 heterocycles. The van der Waals surface area contributed by atoms with Gasteiger partial charge in [0, 0.05) is 25.7 Å². The molecule has 2 rings (SSSR count). The van der Waals surface area contributed by atoms with Gasteiger partial charge in [-0.1, -0.05) is 36.4 Å². The van der Waals surface area contributed by atoms with Gasteiger partial charge in [0.05, 0.1) is 4.88 Å². The summed E-state index contributed by atoms with van der Waals surface area (Å²) in [5.74, 6) is 0.830. The van der Waals surface area contributed by atoms with E-state index in [9.17, 15) is 4.79 Å². The number of thiophene rings is 1. The number of benzene rings is 1. The van der Waals surface area contributed by atoms with Crippen molar-refractivity contribution in [2.45, 2.75) is 39.2 Å². The maximum Gasteiger partial charge on any atom is 0.261 e. The molecule has 0 saturated heterocycles. The van der Waals surface area contributed by atoms with Crippen LogP contribution in [0.1, 0.15) is 41.9 Å². The highest BCUT2D eigenvalue weighted by Gasteiger charge is 2.06. The van der Waals surface area contributed by atoms with E-state index in [0.717, 1.165) is 36.6 Å². The lowest BCUT2D eigenvalue weighted by Gasteiger charge is -2.18. The minimum Gasteiger partial charge on any atom is -0.357 e. The normalized spacial score (nSPS) is 12.4. The molecule has 0 saturated carbocycles. The number of rotatable bonds is 10. The van der Waals surface area contributed by atoms with Gasteiger partial charge in [0.1, 0.15) is 0 Å². The van der Waals surface area contributed by atoms with Crippen molar-refractivity contribution in [3.05, 3.63) is 58.3 Å². The quantitative estimate of drug-likeness (QED) is 0.333. The summed E-state index contributed by atoms with van der Waals surface area (Å²) in [6.07, 6.45) is 2.90. The summed E-state index contributed by atoms with van der Waals surface area (Å²) in [6.45, 7) is 6.37. The van der Waals surface area contributed by atoms with Crippen LogP contribution in [0.25, 0.3) is 0 Å². The Morgan fingerprint density at radius 1 is 1.15 bits per heavy atom. The Morgan fingerprint density at radius 3 is 2.67 bits per heavy atom. The molecule has 1 aromatic heterocycles. The molecule has 0 radical (unpaired) electrons. The summed E-state index contributed by atoms with van der Waals surface area (Å²) in [5, 5.41) is 11.6. The predicted octanol–water partition coefficient (Wildman–Crippen LogP) is 3.44. The van der Waals surface area contributed by atoms with Gasteiger partial charge in [0.25, 0.3) is 5.91 Å². The lowest BCUT2D eigenvalue weighted by atomic mass is 10.1. The average Bonchev–Trinajstić information content (AvgIpc) is 3.22. The highest BCUT2D eigenvalue weighted by molar-refractivity contribution is 7.12. The molecule has 1 atom stereocenters. The minimum absolute atomic E-state index is 0.00598. The molecule has 27 heavy (non-hydrogen) atoms. The zero-order chi connectivity index (χ0) is 19.3. The second kappa shape index (κ2) is 12.1. The Morgan fingerprint density at radius 2 is 1.96 bits per heavy atom. The first-order valence-corrected chi connectivity index (χ1v) is 10.5. The van der Waals surface area contributed by atoms with Crippen molar-refractivity contribution in [3.8, 4) is 0 Å². The maximum absolute atomic E-state index is 11.9. The third-order valence-corrected chi connectivity index (χ3v) is 4.94. The van der Waals surface area contributed by atoms with Crippen molar-refractivity contribution in [3.63, 3.8) is 0 Å². The van der Waals surface area contributed by atoms with E-state index in [4.69, 9.17) is 0 Å². The van der Waals surface area contributed by atoms with Crippen LogP contribution < -0.4 is 16.0 Å². The maximum atomic E-state index is 11.9. The molecule has 0 spiro atoms. The average molecular weight is 387 g/mol. The summed E-state index contributed by atoms with van der Waals surface area (Å²) in [4.78, 5) is 17.2. The highest BCUT2D eigenvalue weighted by atomic mass is 32.1. The van der Waals surface area contributed by atoms with E-state index in [0.29, 0.717) is 19.1 Å². The van der Waals surface area contributed by atoms with Gasteiger partial charge in [0.15, 0.2) is 5.96 Å². The van der Waals surface area contributed by atoms with Crippen molar-refractivity contribution < 1.29 is 4.79 Å². The van der Waals surface area contributed by atoms with Gasteiger partial charge in [-0.3, -0.25) is 9.79 Å². The minimum atomic E-state index is -0.00598. The van der Waals surface area contributed by atoms with Crippen LogP contribution in [-0.4, -0.2) is 37.5 Å². The summed E-state index contributed by atoms with van der Waals surface area (Å²) < 4.78 is 0. The zero-order valence-electron chi connectivity index (χ0n) is 16.2. The fourth-order valence-electron chi connectivity index (χ4n) is 2.62. The summed E-state index contributed by atoms with van der Waals surface area (Å²) in [6, 6.07) is 14.6. The molecule has 5 nitrogen and oxygen atoms in total. The smallest absolute Gasteiger partial charge is 0.261 e. The van der Waals surface area contributed by atoms with Gasteiger partial charge in [-0.25, -0.2) is 0 Å². The van der Waals surface area contributed by atoms with E-state index >= 15 is 0 Å². The van der Waals surface area contributed by atoms with Crippen molar-refractivity contribution in [1.82, 2.24) is 16.0 Å². The first kappa shape index (κ1) is 21.0. The van der Waals surface area contributed by atoms with E-state index < -0.39 is 0 Å². The van der Waals surface area contributed by atoms with Crippen molar-refractivity contribution >= 4 is 23.2 Å². The van der Waals surface area contributed by atoms with Gasteiger partial charge < -0.3 is 16.0 Å². The van der Waals surface area contributed by atoms with Gasteiger partial charge in [0.2, 0.25) is 0 Å². The number of carbonyl (C=O) groups is 1. The standard InChI is InChI=1S/C21H30N4OS/c1-3-22-21(25-17(2)12-13-18-9-5-4-6-10-18)24-15-8-14-23-20(26)19-11-7-16-27-19/h4-7,9-11,16-17H,3,8,12-15H2,1-2H3,(H,23,26)(H2,22,24,25). The van der Waals surface area contributed by atoms with E-state index in [1.54, 1.807) is 0 Å². The van der Waals surface area contributed by atoms with Crippen molar-refractivity contribution in [1.29, 1.82) is 0 Å². The molecular weight excluding hydrogens is 356 g/mol. The lowest BCUT2D eigenvalue weighted by Crippen LogP contribution is -2.42. The van der Waals surface area contributed by atoms with E-state index in [1.165, 1.54) is 16.9 Å². The second-order valence-electron chi connectivity index (χ2n) is 6.42. The fourth-order valence-corrected chi connectivity index (χ4v) is 3.26. The molecule has 3 N–H and O–H groups in total. The Labute approximate surface area is 166 Å². The number of aliphatic imine (C=N–C) groups is 1. The van der Waals surface area contributed by atoms with Crippen LogP contribution in [-0.2, 0) is 6.42 Å². The number of hydrogen-bond donors (Lipinski definition) is 3. The Balaban J connectivity index is 1.68. The molecule has 1 aromatic carbocycles. The van der Waals surface area contributed by atoms with Gasteiger partial charge in [-0.05, 0) is 50.1 Å². The van der Waals surface area contributed by atoms with Crippen LogP contribution >= 0.6 is 11.3 Å². The number of aryl methyl sites for hydroxylation is 1. The van der Waals surface area contributed by atoms with Crippen LogP contribution in [0.3, 0.4) is 0 Å². The Bertz CT molecular complexity index is 685.